The minimum Gasteiger partial charge on any atom is -0.375 e. The number of rotatable bonds is 3. The number of nitrogens with zero attached hydrogens (tertiary/aromatic N) is 1. The first-order chi connectivity index (χ1) is 5.88. The second kappa shape index (κ2) is 4.20. The third kappa shape index (κ3) is 3.88. The van der Waals surface area contributed by atoms with Gasteiger partial charge in [-0.2, -0.15) is 12.6 Å². The Balaban J connectivity index is 2.09. The van der Waals surface area contributed by atoms with E-state index < -0.39 is 0 Å². The summed E-state index contributed by atoms with van der Waals surface area (Å²) < 4.78 is 5.71. The second-order valence-electron chi connectivity index (χ2n) is 4.88. The number of likely N-dealkylation sites (tertiary alicyclic amines) is 1. The molecule has 0 aromatic carbocycles. The SMILES string of the molecule is CC(S)N1CC(COC(C)(C)C)C1. The molecule has 1 aliphatic heterocycles. The van der Waals surface area contributed by atoms with E-state index in [4.69, 9.17) is 4.74 Å². The van der Waals surface area contributed by atoms with E-state index in [2.05, 4.69) is 45.2 Å². The molecular formula is C10H21NOS. The van der Waals surface area contributed by atoms with Crippen molar-refractivity contribution in [2.45, 2.75) is 38.7 Å². The molecular weight excluding hydrogens is 182 g/mol. The van der Waals surface area contributed by atoms with Crippen LogP contribution in [-0.2, 0) is 4.74 Å². The molecule has 0 bridgehead atoms. The lowest BCUT2D eigenvalue weighted by Gasteiger charge is -2.42. The number of thiol groups is 1. The highest BCUT2D eigenvalue weighted by Gasteiger charge is 2.29. The third-order valence-electron chi connectivity index (χ3n) is 2.27. The summed E-state index contributed by atoms with van der Waals surface area (Å²) in [6.07, 6.45) is 0. The summed E-state index contributed by atoms with van der Waals surface area (Å²) in [5, 5.41) is 0.394. The first-order valence-electron chi connectivity index (χ1n) is 4.94. The van der Waals surface area contributed by atoms with Crippen molar-refractivity contribution in [3.63, 3.8) is 0 Å². The van der Waals surface area contributed by atoms with E-state index in [1.807, 2.05) is 0 Å². The van der Waals surface area contributed by atoms with Crippen molar-refractivity contribution in [1.29, 1.82) is 0 Å². The minimum atomic E-state index is 0.00695. The Labute approximate surface area is 87.0 Å². The molecule has 1 atom stereocenters. The molecule has 1 aliphatic rings. The fourth-order valence-corrected chi connectivity index (χ4v) is 1.58. The molecule has 0 radical (unpaired) electrons. The summed E-state index contributed by atoms with van der Waals surface area (Å²) in [6.45, 7) is 11.6. The van der Waals surface area contributed by atoms with E-state index in [0.29, 0.717) is 11.3 Å². The van der Waals surface area contributed by atoms with Crippen molar-refractivity contribution in [3.8, 4) is 0 Å². The van der Waals surface area contributed by atoms with Crippen molar-refractivity contribution >= 4 is 12.6 Å². The summed E-state index contributed by atoms with van der Waals surface area (Å²) in [7, 11) is 0. The average molecular weight is 203 g/mol. The van der Waals surface area contributed by atoms with Crippen LogP contribution in [0.25, 0.3) is 0 Å². The maximum absolute atomic E-state index is 5.71. The van der Waals surface area contributed by atoms with Crippen LogP contribution in [-0.4, -0.2) is 35.6 Å². The molecule has 0 amide bonds. The molecule has 1 fully saturated rings. The summed E-state index contributed by atoms with van der Waals surface area (Å²) in [6, 6.07) is 0. The van der Waals surface area contributed by atoms with Crippen LogP contribution >= 0.6 is 12.6 Å². The van der Waals surface area contributed by atoms with Crippen LogP contribution in [0.5, 0.6) is 0 Å². The van der Waals surface area contributed by atoms with Gasteiger partial charge in [0.1, 0.15) is 0 Å². The van der Waals surface area contributed by atoms with Gasteiger partial charge in [0.05, 0.1) is 12.2 Å². The van der Waals surface area contributed by atoms with E-state index in [1.54, 1.807) is 0 Å². The monoisotopic (exact) mass is 203 g/mol. The summed E-state index contributed by atoms with van der Waals surface area (Å²) in [5.74, 6) is 0.717. The summed E-state index contributed by atoms with van der Waals surface area (Å²) >= 11 is 4.38. The van der Waals surface area contributed by atoms with Gasteiger partial charge in [-0.05, 0) is 27.7 Å². The molecule has 1 rings (SSSR count). The molecule has 0 saturated carbocycles. The standard InChI is InChI=1S/C10H21NOS/c1-8(13)11-5-9(6-11)7-12-10(2,3)4/h8-9,13H,5-7H2,1-4H3. The highest BCUT2D eigenvalue weighted by molar-refractivity contribution is 7.80. The summed E-state index contributed by atoms with van der Waals surface area (Å²) in [5.41, 5.74) is 0.00695. The van der Waals surface area contributed by atoms with Gasteiger partial charge in [-0.3, -0.25) is 4.90 Å². The zero-order valence-corrected chi connectivity index (χ0v) is 9.97. The van der Waals surface area contributed by atoms with Crippen molar-refractivity contribution in [1.82, 2.24) is 4.90 Å². The molecule has 1 saturated heterocycles. The Morgan fingerprint density at radius 1 is 1.46 bits per heavy atom. The number of hydrogen-bond donors (Lipinski definition) is 1. The van der Waals surface area contributed by atoms with Crippen molar-refractivity contribution in [2.75, 3.05) is 19.7 Å². The Kier molecular flexibility index (Phi) is 3.66. The van der Waals surface area contributed by atoms with Crippen LogP contribution in [0.15, 0.2) is 0 Å². The molecule has 1 unspecified atom stereocenters. The van der Waals surface area contributed by atoms with Gasteiger partial charge in [0.2, 0.25) is 0 Å². The molecule has 0 aromatic heterocycles. The minimum absolute atomic E-state index is 0.00695. The molecule has 1 heterocycles. The van der Waals surface area contributed by atoms with Crippen molar-refractivity contribution < 1.29 is 4.74 Å². The maximum Gasteiger partial charge on any atom is 0.0598 e. The van der Waals surface area contributed by atoms with E-state index >= 15 is 0 Å². The van der Waals surface area contributed by atoms with Crippen LogP contribution in [0.1, 0.15) is 27.7 Å². The largest absolute Gasteiger partial charge is 0.375 e. The molecule has 78 valence electrons. The Hall–Kier alpha value is 0.270. The van der Waals surface area contributed by atoms with E-state index in [1.165, 1.54) is 0 Å². The lowest BCUT2D eigenvalue weighted by atomic mass is 10.0. The second-order valence-corrected chi connectivity index (χ2v) is 5.62. The highest BCUT2D eigenvalue weighted by Crippen LogP contribution is 2.21. The Bertz CT molecular complexity index is 159. The quantitative estimate of drug-likeness (QED) is 0.704. The van der Waals surface area contributed by atoms with Crippen molar-refractivity contribution in [3.05, 3.63) is 0 Å². The number of ether oxygens (including phenoxy) is 1. The third-order valence-corrected chi connectivity index (χ3v) is 2.59. The topological polar surface area (TPSA) is 12.5 Å². The first-order valence-corrected chi connectivity index (χ1v) is 5.46. The fraction of sp³-hybridized carbons (Fsp3) is 1.00. The fourth-order valence-electron chi connectivity index (χ4n) is 1.39. The van der Waals surface area contributed by atoms with E-state index in [0.717, 1.165) is 19.7 Å². The molecule has 0 aromatic rings. The van der Waals surface area contributed by atoms with Crippen LogP contribution < -0.4 is 0 Å². The Morgan fingerprint density at radius 3 is 2.38 bits per heavy atom. The van der Waals surface area contributed by atoms with Crippen LogP contribution in [0.4, 0.5) is 0 Å². The van der Waals surface area contributed by atoms with Gasteiger partial charge in [-0.1, -0.05) is 0 Å². The van der Waals surface area contributed by atoms with Gasteiger partial charge in [-0.25, -0.2) is 0 Å². The highest BCUT2D eigenvalue weighted by atomic mass is 32.1. The zero-order chi connectivity index (χ0) is 10.1. The van der Waals surface area contributed by atoms with Crippen LogP contribution in [0.2, 0.25) is 0 Å². The van der Waals surface area contributed by atoms with Gasteiger partial charge < -0.3 is 4.74 Å². The van der Waals surface area contributed by atoms with E-state index in [-0.39, 0.29) is 5.60 Å². The lowest BCUT2D eigenvalue weighted by molar-refractivity contribution is -0.0572. The zero-order valence-electron chi connectivity index (χ0n) is 9.08. The predicted octanol–water partition coefficient (Wildman–Crippen LogP) is 2.01. The predicted molar refractivity (Wildman–Crippen MR) is 59.2 cm³/mol. The smallest absolute Gasteiger partial charge is 0.0598 e. The van der Waals surface area contributed by atoms with Crippen LogP contribution in [0, 0.1) is 5.92 Å². The normalized spacial score (nSPS) is 22.8. The summed E-state index contributed by atoms with van der Waals surface area (Å²) in [4.78, 5) is 2.35. The molecule has 0 spiro atoms. The molecule has 0 aliphatic carbocycles. The van der Waals surface area contributed by atoms with Gasteiger partial charge in [-0.15, -0.1) is 0 Å². The van der Waals surface area contributed by atoms with Gasteiger partial charge in [0.15, 0.2) is 0 Å². The molecule has 3 heteroatoms. The Morgan fingerprint density at radius 2 is 2.00 bits per heavy atom. The van der Waals surface area contributed by atoms with Crippen LogP contribution in [0.3, 0.4) is 0 Å². The molecule has 2 nitrogen and oxygen atoms in total. The van der Waals surface area contributed by atoms with Gasteiger partial charge in [0, 0.05) is 24.4 Å². The van der Waals surface area contributed by atoms with Crippen molar-refractivity contribution in [2.24, 2.45) is 5.92 Å². The van der Waals surface area contributed by atoms with Gasteiger partial charge in [0.25, 0.3) is 0 Å². The van der Waals surface area contributed by atoms with Gasteiger partial charge >= 0.3 is 0 Å². The number of hydrogen-bond acceptors (Lipinski definition) is 3. The maximum atomic E-state index is 5.71. The molecule has 0 N–H and O–H groups in total. The lowest BCUT2D eigenvalue weighted by Crippen LogP contribution is -2.51. The average Bonchev–Trinajstić information content (AvgIpc) is 1.79. The first kappa shape index (κ1) is 11.3. The van der Waals surface area contributed by atoms with E-state index in [9.17, 15) is 0 Å². The molecule has 13 heavy (non-hydrogen) atoms.